The van der Waals surface area contributed by atoms with Gasteiger partial charge < -0.3 is 5.32 Å². The Morgan fingerprint density at radius 2 is 1.95 bits per heavy atom. The predicted molar refractivity (Wildman–Crippen MR) is 80.3 cm³/mol. The summed E-state index contributed by atoms with van der Waals surface area (Å²) in [4.78, 5) is 4.12. The summed E-state index contributed by atoms with van der Waals surface area (Å²) >= 11 is 5.81. The monoisotopic (exact) mass is 310 g/mol. The van der Waals surface area contributed by atoms with Crippen LogP contribution < -0.4 is 5.32 Å². The molecule has 0 bridgehead atoms. The van der Waals surface area contributed by atoms with E-state index in [0.717, 1.165) is 11.3 Å². The number of nitrogens with one attached hydrogen (secondary N) is 1. The largest absolute Gasteiger partial charge is 0.306 e. The molecular formula is C16H17ClF2N2. The van der Waals surface area contributed by atoms with Crippen molar-refractivity contribution >= 4 is 11.6 Å². The minimum Gasteiger partial charge on any atom is -0.306 e. The minimum atomic E-state index is -0.436. The first-order valence-corrected chi connectivity index (χ1v) is 7.15. The number of hydrogen-bond donors (Lipinski definition) is 1. The Kier molecular flexibility index (Phi) is 5.26. The predicted octanol–water partition coefficient (Wildman–Crippen LogP) is 4.30. The second kappa shape index (κ2) is 6.96. The van der Waals surface area contributed by atoms with Crippen molar-refractivity contribution in [2.75, 3.05) is 0 Å². The summed E-state index contributed by atoms with van der Waals surface area (Å²) < 4.78 is 26.2. The van der Waals surface area contributed by atoms with Crippen molar-refractivity contribution in [1.29, 1.82) is 0 Å². The van der Waals surface area contributed by atoms with Crippen LogP contribution in [0.4, 0.5) is 8.78 Å². The Morgan fingerprint density at radius 1 is 1.19 bits per heavy atom. The zero-order chi connectivity index (χ0) is 15.4. The summed E-state index contributed by atoms with van der Waals surface area (Å²) in [5.41, 5.74) is 1.64. The van der Waals surface area contributed by atoms with Crippen molar-refractivity contribution in [3.8, 4) is 0 Å². The number of benzene rings is 1. The fraction of sp³-hybridized carbons (Fsp3) is 0.312. The molecule has 2 aromatic rings. The van der Waals surface area contributed by atoms with Gasteiger partial charge in [0.2, 0.25) is 0 Å². The normalized spacial score (nSPS) is 12.7. The Balaban J connectivity index is 2.23. The van der Waals surface area contributed by atoms with Gasteiger partial charge in [0.05, 0.1) is 23.0 Å². The first kappa shape index (κ1) is 15.9. The van der Waals surface area contributed by atoms with Gasteiger partial charge in [0.25, 0.3) is 0 Å². The van der Waals surface area contributed by atoms with Crippen LogP contribution in [0.15, 0.2) is 36.5 Å². The van der Waals surface area contributed by atoms with Gasteiger partial charge in [0.1, 0.15) is 11.6 Å². The van der Waals surface area contributed by atoms with Gasteiger partial charge in [-0.25, -0.2) is 8.78 Å². The number of hydrogen-bond acceptors (Lipinski definition) is 2. The molecule has 1 atom stereocenters. The summed E-state index contributed by atoms with van der Waals surface area (Å²) in [6, 6.07) is 7.83. The van der Waals surface area contributed by atoms with Crippen LogP contribution in [0.3, 0.4) is 0 Å². The highest BCUT2D eigenvalue weighted by Crippen LogP contribution is 2.22. The Hall–Kier alpha value is -1.52. The van der Waals surface area contributed by atoms with E-state index in [1.54, 1.807) is 18.2 Å². The fourth-order valence-electron chi connectivity index (χ4n) is 2.15. The van der Waals surface area contributed by atoms with Crippen LogP contribution >= 0.6 is 11.6 Å². The molecule has 0 amide bonds. The first-order chi connectivity index (χ1) is 9.95. The van der Waals surface area contributed by atoms with Crippen molar-refractivity contribution in [2.24, 2.45) is 0 Å². The fourth-order valence-corrected chi connectivity index (χ4v) is 2.35. The third-order valence-electron chi connectivity index (χ3n) is 3.07. The quantitative estimate of drug-likeness (QED) is 0.891. The first-order valence-electron chi connectivity index (χ1n) is 6.77. The van der Waals surface area contributed by atoms with E-state index in [9.17, 15) is 8.78 Å². The highest BCUT2D eigenvalue weighted by molar-refractivity contribution is 6.30. The average molecular weight is 311 g/mol. The van der Waals surface area contributed by atoms with Crippen LogP contribution in [0.1, 0.15) is 31.1 Å². The molecule has 0 radical (unpaired) electrons. The molecule has 0 fully saturated rings. The van der Waals surface area contributed by atoms with Crippen LogP contribution in [0, 0.1) is 11.6 Å². The van der Waals surface area contributed by atoms with Gasteiger partial charge in [0, 0.05) is 6.04 Å². The van der Waals surface area contributed by atoms with Crippen molar-refractivity contribution < 1.29 is 8.78 Å². The molecule has 21 heavy (non-hydrogen) atoms. The van der Waals surface area contributed by atoms with Crippen molar-refractivity contribution in [2.45, 2.75) is 32.4 Å². The molecule has 1 heterocycles. The van der Waals surface area contributed by atoms with Crippen molar-refractivity contribution in [1.82, 2.24) is 10.3 Å². The Labute approximate surface area is 128 Å². The SMILES string of the molecule is CC(C)NC(Cc1ccc(F)c(Cl)c1)c1ccc(F)cn1. The standard InChI is InChI=1S/C16H17ClF2N2/c1-10(2)21-16(15-6-4-12(18)9-20-15)8-11-3-5-14(19)13(17)7-11/h3-7,9-10,16,21H,8H2,1-2H3. The number of nitrogens with zero attached hydrogens (tertiary/aromatic N) is 1. The summed E-state index contributed by atoms with van der Waals surface area (Å²) in [5, 5.41) is 3.48. The lowest BCUT2D eigenvalue weighted by Crippen LogP contribution is -2.30. The lowest BCUT2D eigenvalue weighted by atomic mass is 10.0. The molecule has 1 aromatic heterocycles. The minimum absolute atomic E-state index is 0.0906. The number of halogens is 3. The summed E-state index contributed by atoms with van der Waals surface area (Å²) in [6.45, 7) is 4.04. The van der Waals surface area contributed by atoms with E-state index in [1.807, 2.05) is 13.8 Å². The third kappa shape index (κ3) is 4.48. The highest BCUT2D eigenvalue weighted by atomic mass is 35.5. The zero-order valence-electron chi connectivity index (χ0n) is 11.9. The second-order valence-electron chi connectivity index (χ2n) is 5.23. The summed E-state index contributed by atoms with van der Waals surface area (Å²) in [7, 11) is 0. The van der Waals surface area contributed by atoms with Crippen molar-refractivity contribution in [3.05, 3.63) is 64.4 Å². The molecule has 1 unspecified atom stereocenters. The zero-order valence-corrected chi connectivity index (χ0v) is 12.7. The van der Waals surface area contributed by atoms with E-state index in [2.05, 4.69) is 10.3 Å². The van der Waals surface area contributed by atoms with Crippen LogP contribution in [-0.4, -0.2) is 11.0 Å². The molecule has 0 aliphatic carbocycles. The number of pyridine rings is 1. The third-order valence-corrected chi connectivity index (χ3v) is 3.36. The topological polar surface area (TPSA) is 24.9 Å². The van der Waals surface area contributed by atoms with E-state index < -0.39 is 5.82 Å². The van der Waals surface area contributed by atoms with E-state index in [4.69, 9.17) is 11.6 Å². The molecule has 5 heteroatoms. The average Bonchev–Trinajstić information content (AvgIpc) is 2.42. The Bertz CT molecular complexity index is 600. The van der Waals surface area contributed by atoms with E-state index in [0.29, 0.717) is 6.42 Å². The maximum atomic E-state index is 13.2. The molecular weight excluding hydrogens is 294 g/mol. The lowest BCUT2D eigenvalue weighted by molar-refractivity contribution is 0.464. The van der Waals surface area contributed by atoms with Crippen molar-refractivity contribution in [3.63, 3.8) is 0 Å². The maximum Gasteiger partial charge on any atom is 0.141 e. The van der Waals surface area contributed by atoms with Gasteiger partial charge in [-0.05, 0) is 36.2 Å². The summed E-state index contributed by atoms with van der Waals surface area (Å²) in [5.74, 6) is -0.805. The van der Waals surface area contributed by atoms with Crippen LogP contribution in [0.25, 0.3) is 0 Å². The lowest BCUT2D eigenvalue weighted by Gasteiger charge is -2.21. The summed E-state index contributed by atoms with van der Waals surface area (Å²) in [6.07, 6.45) is 1.79. The number of aromatic nitrogens is 1. The molecule has 112 valence electrons. The van der Waals surface area contributed by atoms with E-state index in [1.165, 1.54) is 18.3 Å². The number of rotatable bonds is 5. The molecule has 0 saturated heterocycles. The van der Waals surface area contributed by atoms with E-state index in [-0.39, 0.29) is 22.9 Å². The van der Waals surface area contributed by atoms with Gasteiger partial charge in [-0.3, -0.25) is 4.98 Å². The molecule has 2 nitrogen and oxygen atoms in total. The van der Waals surface area contributed by atoms with Crippen LogP contribution in [0.2, 0.25) is 5.02 Å². The highest BCUT2D eigenvalue weighted by Gasteiger charge is 2.15. The Morgan fingerprint density at radius 3 is 2.52 bits per heavy atom. The maximum absolute atomic E-state index is 13.2. The van der Waals surface area contributed by atoms with Gasteiger partial charge in [-0.2, -0.15) is 0 Å². The van der Waals surface area contributed by atoms with Crippen LogP contribution in [-0.2, 0) is 6.42 Å². The van der Waals surface area contributed by atoms with Gasteiger partial charge in [-0.1, -0.05) is 31.5 Å². The molecule has 0 aliphatic heterocycles. The second-order valence-corrected chi connectivity index (χ2v) is 5.64. The molecule has 1 aromatic carbocycles. The van der Waals surface area contributed by atoms with Gasteiger partial charge in [0.15, 0.2) is 0 Å². The van der Waals surface area contributed by atoms with Gasteiger partial charge in [-0.15, -0.1) is 0 Å². The van der Waals surface area contributed by atoms with Crippen LogP contribution in [0.5, 0.6) is 0 Å². The molecule has 0 spiro atoms. The van der Waals surface area contributed by atoms with Gasteiger partial charge >= 0.3 is 0 Å². The molecule has 1 N–H and O–H groups in total. The smallest absolute Gasteiger partial charge is 0.141 e. The molecule has 0 saturated carbocycles. The molecule has 0 aliphatic rings. The van der Waals surface area contributed by atoms with E-state index >= 15 is 0 Å². The molecule has 2 rings (SSSR count).